The van der Waals surface area contributed by atoms with Crippen molar-refractivity contribution in [1.29, 1.82) is 0 Å². The Balaban J connectivity index is 0.000000285. The maximum atomic E-state index is 7.17. The Morgan fingerprint density at radius 2 is 0.536 bits per heavy atom. The molecule has 0 fully saturated rings. The zero-order valence-corrected chi connectivity index (χ0v) is 42.2. The number of hydrogen-bond donors (Lipinski definition) is 3. The Morgan fingerprint density at radius 3 is 0.696 bits per heavy atom. The summed E-state index contributed by atoms with van der Waals surface area (Å²) >= 11 is 0. The van der Waals surface area contributed by atoms with Crippen LogP contribution in [0.2, 0.25) is 0 Å². The van der Waals surface area contributed by atoms with Crippen molar-refractivity contribution in [1.82, 2.24) is 9.97 Å². The molecule has 2 aromatic heterocycles. The van der Waals surface area contributed by atoms with Gasteiger partial charge in [-0.1, -0.05) is 133 Å². The second kappa shape index (κ2) is 34.7. The van der Waals surface area contributed by atoms with Crippen molar-refractivity contribution < 1.29 is 35.2 Å². The predicted octanol–water partition coefficient (Wildman–Crippen LogP) is 11.3. The van der Waals surface area contributed by atoms with Crippen LogP contribution in [0.3, 0.4) is 0 Å². The molecule has 0 spiro atoms. The van der Waals surface area contributed by atoms with Crippen molar-refractivity contribution in [3.8, 4) is 11.4 Å². The Kier molecular flexibility index (Phi) is 27.8. The van der Waals surface area contributed by atoms with Crippen molar-refractivity contribution >= 4 is 44.4 Å². The third kappa shape index (κ3) is 22.9. The summed E-state index contributed by atoms with van der Waals surface area (Å²) in [5.74, 6) is 0. The first-order valence-corrected chi connectivity index (χ1v) is 25.0. The molecule has 0 aliphatic carbocycles. The van der Waals surface area contributed by atoms with Gasteiger partial charge in [0, 0.05) is 44.8 Å². The minimum Gasteiger partial charge on any atom is -0.402 e. The molecular weight excluding hydrogens is 1060 g/mol. The van der Waals surface area contributed by atoms with Gasteiger partial charge in [-0.2, -0.15) is 146 Å². The molecular formula is C60H53BIrN2O3P2-4. The van der Waals surface area contributed by atoms with E-state index in [1.807, 2.05) is 134 Å². The quantitative estimate of drug-likeness (QED) is 0.0762. The van der Waals surface area contributed by atoms with Gasteiger partial charge in [0.1, 0.15) is 0 Å². The summed E-state index contributed by atoms with van der Waals surface area (Å²) in [5.41, 5.74) is 4.31. The molecule has 0 unspecified atom stereocenters. The first kappa shape index (κ1) is 55.1. The average molecular weight is 1120 g/mol. The van der Waals surface area contributed by atoms with E-state index in [4.69, 9.17) is 25.0 Å². The van der Waals surface area contributed by atoms with Crippen LogP contribution >= 0.6 is 15.8 Å². The molecule has 2 heterocycles. The number of aromatic nitrogens is 2. The zero-order valence-electron chi connectivity index (χ0n) is 38.0. The molecule has 8 aromatic carbocycles. The van der Waals surface area contributed by atoms with Crippen LogP contribution in [0.25, 0.3) is 11.4 Å². The fourth-order valence-corrected chi connectivity index (χ4v) is 10.7. The van der Waals surface area contributed by atoms with Crippen LogP contribution < -0.4 is 21.2 Å². The van der Waals surface area contributed by atoms with Gasteiger partial charge in [-0.15, -0.1) is 0 Å². The van der Waals surface area contributed by atoms with Gasteiger partial charge in [-0.3, -0.25) is 9.97 Å². The molecule has 0 saturated carbocycles. The third-order valence-corrected chi connectivity index (χ3v) is 14.3. The van der Waals surface area contributed by atoms with Crippen molar-refractivity contribution in [2.45, 2.75) is 12.3 Å². The van der Waals surface area contributed by atoms with Gasteiger partial charge in [-0.25, -0.2) is 0 Å². The molecule has 10 aromatic rings. The van der Waals surface area contributed by atoms with Crippen LogP contribution in [-0.4, -0.2) is 32.4 Å². The number of hydrogen-bond acceptors (Lipinski definition) is 5. The maximum Gasteiger partial charge on any atom is 0.631 e. The van der Waals surface area contributed by atoms with E-state index in [0.29, 0.717) is 0 Å². The molecule has 0 aliphatic rings. The first-order valence-electron chi connectivity index (χ1n) is 21.9. The Bertz CT molecular complexity index is 2250. The summed E-state index contributed by atoms with van der Waals surface area (Å²) in [6.07, 6.45) is 5.98. The number of nitrogens with zero attached hydrogens (tertiary/aromatic N) is 2. The van der Waals surface area contributed by atoms with E-state index in [-0.39, 0.29) is 20.1 Å². The second-order valence-corrected chi connectivity index (χ2v) is 18.7. The topological polar surface area (TPSA) is 86.5 Å². The SMILES string of the molecule is OB(O)O.[Ir].[c-]1ccccc1.[c-]1ccccc1.[c-]1ccccc1.[c-]1ccccc1.c1ccc(P(Cc2ccc(-c3ccc(CP(c4ccccc4)c4ccccc4)cn3)nc2)c2ccccc2)cc1. The fourth-order valence-electron chi connectivity index (χ4n) is 6.17. The molecule has 1 radical (unpaired) electrons. The van der Waals surface area contributed by atoms with Crippen molar-refractivity contribution in [2.75, 3.05) is 0 Å². The van der Waals surface area contributed by atoms with E-state index in [2.05, 4.69) is 170 Å². The summed E-state index contributed by atoms with van der Waals surface area (Å²) in [7, 11) is -3.16. The van der Waals surface area contributed by atoms with E-state index in [9.17, 15) is 0 Å². The van der Waals surface area contributed by atoms with Gasteiger partial charge >= 0.3 is 7.32 Å². The smallest absolute Gasteiger partial charge is 0.402 e. The summed E-state index contributed by atoms with van der Waals surface area (Å²) in [6.45, 7) is 0. The van der Waals surface area contributed by atoms with Crippen molar-refractivity contribution in [2.24, 2.45) is 0 Å². The summed E-state index contributed by atoms with van der Waals surface area (Å²) < 4.78 is 0. The molecule has 69 heavy (non-hydrogen) atoms. The van der Waals surface area contributed by atoms with Gasteiger partial charge in [0.25, 0.3) is 0 Å². The predicted molar refractivity (Wildman–Crippen MR) is 287 cm³/mol. The fraction of sp³-hybridized carbons (Fsp3) is 0.0333. The van der Waals surface area contributed by atoms with Crippen LogP contribution in [0.15, 0.2) is 279 Å². The molecule has 347 valence electrons. The number of benzene rings is 8. The minimum absolute atomic E-state index is 0. The van der Waals surface area contributed by atoms with E-state index in [1.54, 1.807) is 0 Å². The molecule has 0 saturated heterocycles. The zero-order chi connectivity index (χ0) is 47.5. The van der Waals surface area contributed by atoms with Crippen LogP contribution in [0.5, 0.6) is 0 Å². The Morgan fingerprint density at radius 1 is 0.319 bits per heavy atom. The summed E-state index contributed by atoms with van der Waals surface area (Å²) in [4.78, 5) is 9.65. The summed E-state index contributed by atoms with van der Waals surface area (Å²) in [6, 6.07) is 102. The monoisotopic (exact) mass is 1120 g/mol. The van der Waals surface area contributed by atoms with Gasteiger partial charge in [0.05, 0.1) is 11.4 Å². The second-order valence-electron chi connectivity index (χ2n) is 14.3. The Hall–Kier alpha value is -6.49. The average Bonchev–Trinajstić information content (AvgIpc) is 3.43. The third-order valence-electron chi connectivity index (χ3n) is 9.29. The van der Waals surface area contributed by atoms with Crippen LogP contribution in [0, 0.1) is 24.3 Å². The van der Waals surface area contributed by atoms with Crippen molar-refractivity contribution in [3.63, 3.8) is 0 Å². The largest absolute Gasteiger partial charge is 0.631 e. The normalized spacial score (nSPS) is 9.64. The van der Waals surface area contributed by atoms with E-state index < -0.39 is 23.2 Å². The van der Waals surface area contributed by atoms with Crippen LogP contribution in [-0.2, 0) is 32.4 Å². The van der Waals surface area contributed by atoms with E-state index in [1.165, 1.54) is 32.3 Å². The number of pyridine rings is 2. The number of rotatable bonds is 9. The van der Waals surface area contributed by atoms with Gasteiger partial charge in [-0.05, 0) is 60.3 Å². The molecule has 0 atom stereocenters. The van der Waals surface area contributed by atoms with Gasteiger partial charge in [0.2, 0.25) is 0 Å². The Labute approximate surface area is 425 Å². The molecule has 0 amide bonds. The van der Waals surface area contributed by atoms with Crippen molar-refractivity contribution in [3.05, 3.63) is 315 Å². The molecule has 10 rings (SSSR count). The standard InChI is InChI=1S/C36H30N2P2.4C6H5.BH3O3.Ir/c1-5-13-31(14-6-1)39(32-15-7-2-8-16-32)27-29-21-23-35(37-25-29)36-24-22-30(26-38-36)28-40(33-17-9-3-10-18-33)34-19-11-4-12-20-34;4*1-2-4-6-5-3-1;2-1(3)4;/h1-26H,27-28H2;4*1-5H;2-4H;/q;4*-1;;. The maximum absolute atomic E-state index is 7.17. The molecule has 0 bridgehead atoms. The molecule has 0 aliphatic heterocycles. The van der Waals surface area contributed by atoms with Gasteiger partial charge in [0.15, 0.2) is 0 Å². The molecule has 5 nitrogen and oxygen atoms in total. The first-order chi connectivity index (χ1) is 33.6. The molecule has 3 N–H and O–H groups in total. The van der Waals surface area contributed by atoms with Crippen LogP contribution in [0.4, 0.5) is 0 Å². The minimum atomic E-state index is -2.17. The van der Waals surface area contributed by atoms with Crippen LogP contribution in [0.1, 0.15) is 11.1 Å². The van der Waals surface area contributed by atoms with E-state index >= 15 is 0 Å². The summed E-state index contributed by atoms with van der Waals surface area (Å²) in [5, 5.41) is 27.0. The van der Waals surface area contributed by atoms with Gasteiger partial charge < -0.3 is 15.1 Å². The van der Waals surface area contributed by atoms with E-state index in [0.717, 1.165) is 23.7 Å². The molecule has 9 heteroatoms.